The van der Waals surface area contributed by atoms with Gasteiger partial charge in [0, 0.05) is 17.6 Å². The molecular weight excluding hydrogens is 446 g/mol. The van der Waals surface area contributed by atoms with Gasteiger partial charge in [0.1, 0.15) is 11.8 Å². The molecule has 176 valence electrons. The van der Waals surface area contributed by atoms with Crippen LogP contribution >= 0.6 is 11.6 Å². The molecule has 1 saturated heterocycles. The Balaban J connectivity index is 1.67. The number of carbonyl (C=O) groups is 3. The maximum Gasteiger partial charge on any atom is 0.247 e. The molecule has 0 bridgehead atoms. The van der Waals surface area contributed by atoms with E-state index in [1.165, 1.54) is 18.2 Å². The third-order valence-corrected chi connectivity index (χ3v) is 5.65. The minimum atomic E-state index is -0.851. The summed E-state index contributed by atoms with van der Waals surface area (Å²) >= 11 is 5.97. The highest BCUT2D eigenvalue weighted by Crippen LogP contribution is 2.26. The first-order chi connectivity index (χ1) is 15.9. The lowest BCUT2D eigenvalue weighted by Gasteiger charge is -2.21. The van der Waals surface area contributed by atoms with Gasteiger partial charge in [-0.2, -0.15) is 0 Å². The lowest BCUT2D eigenvalue weighted by atomic mass is 10.0. The summed E-state index contributed by atoms with van der Waals surface area (Å²) in [7, 11) is 0. The normalized spacial score (nSPS) is 18.4. The Hall–Kier alpha value is -3.14. The summed E-state index contributed by atoms with van der Waals surface area (Å²) in [6.45, 7) is 0.312. The number of anilines is 1. The van der Waals surface area contributed by atoms with Crippen LogP contribution in [-0.2, 0) is 20.8 Å². The zero-order chi connectivity index (χ0) is 23.8. The number of amides is 3. The fourth-order valence-corrected chi connectivity index (χ4v) is 3.83. The van der Waals surface area contributed by atoms with Crippen molar-refractivity contribution in [2.45, 2.75) is 37.4 Å². The fraction of sp³-hybridized carbons (Fsp3) is 0.348. The van der Waals surface area contributed by atoms with Gasteiger partial charge in [-0.15, -0.1) is 0 Å². The van der Waals surface area contributed by atoms with Crippen LogP contribution < -0.4 is 27.0 Å². The number of rotatable bonds is 9. The number of aryl methyl sites for hydroxylation is 1. The van der Waals surface area contributed by atoms with Crippen molar-refractivity contribution in [1.82, 2.24) is 16.0 Å². The van der Waals surface area contributed by atoms with Crippen molar-refractivity contribution in [2.24, 2.45) is 5.73 Å². The first-order valence-corrected chi connectivity index (χ1v) is 11.1. The summed E-state index contributed by atoms with van der Waals surface area (Å²) in [5, 5.41) is 21.7. The van der Waals surface area contributed by atoms with Gasteiger partial charge in [0.2, 0.25) is 17.7 Å². The van der Waals surface area contributed by atoms with Crippen LogP contribution in [0.2, 0.25) is 5.02 Å². The van der Waals surface area contributed by atoms with E-state index in [4.69, 9.17) is 17.3 Å². The number of nitrogens with two attached hydrogens (primary N) is 1. The van der Waals surface area contributed by atoms with E-state index >= 15 is 0 Å². The molecule has 1 aliphatic rings. The predicted molar refractivity (Wildman–Crippen MR) is 126 cm³/mol. The molecule has 1 heterocycles. The second-order valence-electron chi connectivity index (χ2n) is 7.90. The fourth-order valence-electron chi connectivity index (χ4n) is 3.66. The summed E-state index contributed by atoms with van der Waals surface area (Å²) in [6.07, 6.45) is 1.30. The SMILES string of the molecule is NCC(=O)NC1CNC(C(=O)NC(CCc2ccccc2)C(=O)Nc2cc(Cl)ccc2O)C1. The zero-order valence-corrected chi connectivity index (χ0v) is 18.8. The molecule has 0 radical (unpaired) electrons. The number of benzene rings is 2. The number of nitrogens with one attached hydrogen (secondary N) is 4. The van der Waals surface area contributed by atoms with E-state index in [1.54, 1.807) is 0 Å². The molecule has 0 spiro atoms. The summed E-state index contributed by atoms with van der Waals surface area (Å²) in [5.41, 5.74) is 6.51. The number of carbonyl (C=O) groups excluding carboxylic acids is 3. The smallest absolute Gasteiger partial charge is 0.247 e. The summed E-state index contributed by atoms with van der Waals surface area (Å²) in [6, 6.07) is 12.3. The average Bonchev–Trinajstić information content (AvgIpc) is 3.28. The molecule has 1 aliphatic heterocycles. The molecule has 3 atom stereocenters. The van der Waals surface area contributed by atoms with Crippen LogP contribution in [0.4, 0.5) is 5.69 Å². The Morgan fingerprint density at radius 1 is 1.18 bits per heavy atom. The molecule has 0 aromatic heterocycles. The van der Waals surface area contributed by atoms with E-state index in [2.05, 4.69) is 21.3 Å². The molecule has 2 aromatic carbocycles. The highest BCUT2D eigenvalue weighted by molar-refractivity contribution is 6.31. The molecule has 7 N–H and O–H groups in total. The molecule has 10 heteroatoms. The largest absolute Gasteiger partial charge is 0.506 e. The molecule has 3 amide bonds. The minimum absolute atomic E-state index is 0.120. The number of aromatic hydroxyl groups is 1. The van der Waals surface area contributed by atoms with Gasteiger partial charge in [0.15, 0.2) is 0 Å². The van der Waals surface area contributed by atoms with Crippen molar-refractivity contribution in [2.75, 3.05) is 18.4 Å². The second kappa shape index (κ2) is 11.6. The lowest BCUT2D eigenvalue weighted by molar-refractivity contribution is -0.127. The van der Waals surface area contributed by atoms with Crippen molar-refractivity contribution < 1.29 is 19.5 Å². The number of hydrogen-bond donors (Lipinski definition) is 6. The Labute approximate surface area is 197 Å². The van der Waals surface area contributed by atoms with Crippen LogP contribution in [0.3, 0.4) is 0 Å². The molecular formula is C23H28ClN5O4. The van der Waals surface area contributed by atoms with Gasteiger partial charge in [-0.05, 0) is 43.0 Å². The van der Waals surface area contributed by atoms with Gasteiger partial charge in [-0.25, -0.2) is 0 Å². The molecule has 3 unspecified atom stereocenters. The Morgan fingerprint density at radius 3 is 2.67 bits per heavy atom. The number of halogens is 1. The average molecular weight is 474 g/mol. The summed E-state index contributed by atoms with van der Waals surface area (Å²) in [5.74, 6) is -1.23. The van der Waals surface area contributed by atoms with Crippen molar-refractivity contribution in [1.29, 1.82) is 0 Å². The number of phenols is 1. The molecule has 2 aromatic rings. The monoisotopic (exact) mass is 473 g/mol. The first-order valence-electron chi connectivity index (χ1n) is 10.7. The van der Waals surface area contributed by atoms with Crippen LogP contribution in [0.5, 0.6) is 5.75 Å². The maximum atomic E-state index is 13.0. The molecule has 0 saturated carbocycles. The predicted octanol–water partition coefficient (Wildman–Crippen LogP) is 0.907. The Morgan fingerprint density at radius 2 is 1.94 bits per heavy atom. The Kier molecular flexibility index (Phi) is 8.65. The third kappa shape index (κ3) is 7.18. The van der Waals surface area contributed by atoms with Gasteiger partial charge < -0.3 is 32.1 Å². The first kappa shape index (κ1) is 24.5. The second-order valence-corrected chi connectivity index (χ2v) is 8.34. The van der Waals surface area contributed by atoms with Crippen molar-refractivity contribution in [3.8, 4) is 5.75 Å². The molecule has 1 fully saturated rings. The van der Waals surface area contributed by atoms with E-state index < -0.39 is 18.0 Å². The van der Waals surface area contributed by atoms with Crippen molar-refractivity contribution in [3.63, 3.8) is 0 Å². The zero-order valence-electron chi connectivity index (χ0n) is 18.0. The van der Waals surface area contributed by atoms with Gasteiger partial charge in [0.05, 0.1) is 18.3 Å². The third-order valence-electron chi connectivity index (χ3n) is 5.41. The van der Waals surface area contributed by atoms with E-state index in [-0.39, 0.29) is 35.8 Å². The van der Waals surface area contributed by atoms with E-state index in [0.717, 1.165) is 5.56 Å². The molecule has 9 nitrogen and oxygen atoms in total. The highest BCUT2D eigenvalue weighted by atomic mass is 35.5. The number of phenolic OH excluding ortho intramolecular Hbond substituents is 1. The number of hydrogen-bond acceptors (Lipinski definition) is 6. The molecule has 3 rings (SSSR count). The summed E-state index contributed by atoms with van der Waals surface area (Å²) in [4.78, 5) is 37.4. The van der Waals surface area contributed by atoms with Crippen LogP contribution in [0.15, 0.2) is 48.5 Å². The minimum Gasteiger partial charge on any atom is -0.506 e. The van der Waals surface area contributed by atoms with Gasteiger partial charge in [0.25, 0.3) is 0 Å². The summed E-state index contributed by atoms with van der Waals surface area (Å²) < 4.78 is 0. The molecule has 0 aliphatic carbocycles. The van der Waals surface area contributed by atoms with Gasteiger partial charge in [-0.1, -0.05) is 41.9 Å². The van der Waals surface area contributed by atoms with Gasteiger partial charge in [-0.3, -0.25) is 14.4 Å². The van der Waals surface area contributed by atoms with Gasteiger partial charge >= 0.3 is 0 Å². The highest BCUT2D eigenvalue weighted by Gasteiger charge is 2.32. The van der Waals surface area contributed by atoms with Crippen LogP contribution in [0.1, 0.15) is 18.4 Å². The van der Waals surface area contributed by atoms with E-state index in [9.17, 15) is 19.5 Å². The van der Waals surface area contributed by atoms with E-state index in [1.807, 2.05) is 30.3 Å². The Bertz CT molecular complexity index is 988. The topological polar surface area (TPSA) is 146 Å². The quantitative estimate of drug-likeness (QED) is 0.298. The van der Waals surface area contributed by atoms with Crippen LogP contribution in [0.25, 0.3) is 0 Å². The van der Waals surface area contributed by atoms with Crippen LogP contribution in [-0.4, -0.2) is 54.0 Å². The van der Waals surface area contributed by atoms with Crippen molar-refractivity contribution >= 4 is 35.0 Å². The van der Waals surface area contributed by atoms with Crippen LogP contribution in [0, 0.1) is 0 Å². The molecule has 33 heavy (non-hydrogen) atoms. The lowest BCUT2D eigenvalue weighted by Crippen LogP contribution is -2.50. The van der Waals surface area contributed by atoms with Crippen molar-refractivity contribution in [3.05, 3.63) is 59.1 Å². The standard InChI is InChI=1S/C23H28ClN5O4/c24-15-7-9-20(30)18(10-15)29-22(32)17(8-6-14-4-2-1-3-5-14)28-23(33)19-11-16(13-26-19)27-21(31)12-25/h1-5,7,9-10,16-17,19,26,30H,6,8,11-13,25H2,(H,27,31)(H,28,33)(H,29,32). The maximum absolute atomic E-state index is 13.0. The van der Waals surface area contributed by atoms with E-state index in [0.29, 0.717) is 30.8 Å².